The summed E-state index contributed by atoms with van der Waals surface area (Å²) < 4.78 is 15.1. The van der Waals surface area contributed by atoms with Gasteiger partial charge in [0.2, 0.25) is 0 Å². The maximum Gasteiger partial charge on any atom is 0.143 e. The Morgan fingerprint density at radius 2 is 2.25 bits per heavy atom. The van der Waals surface area contributed by atoms with Gasteiger partial charge in [-0.3, -0.25) is 4.68 Å². The maximum atomic E-state index is 13.5. The standard InChI is InChI=1S/C11H7ClFN3/c1-16-11(2-3-15-16)8-4-7(12)5-10(13)9(8)6-14/h2-5H,1H3. The van der Waals surface area contributed by atoms with Gasteiger partial charge < -0.3 is 0 Å². The number of hydrogen-bond donors (Lipinski definition) is 0. The zero-order chi connectivity index (χ0) is 11.7. The van der Waals surface area contributed by atoms with Gasteiger partial charge in [0, 0.05) is 23.8 Å². The van der Waals surface area contributed by atoms with Crippen molar-refractivity contribution in [3.63, 3.8) is 0 Å². The van der Waals surface area contributed by atoms with Gasteiger partial charge in [0.05, 0.1) is 11.3 Å². The van der Waals surface area contributed by atoms with Crippen molar-refractivity contribution in [2.24, 2.45) is 7.05 Å². The summed E-state index contributed by atoms with van der Waals surface area (Å²) in [5.41, 5.74) is 1.08. The van der Waals surface area contributed by atoms with E-state index < -0.39 is 5.82 Å². The molecule has 0 fully saturated rings. The molecule has 0 radical (unpaired) electrons. The Balaban J connectivity index is 2.75. The predicted octanol–water partition coefficient (Wildman–Crippen LogP) is 2.75. The third kappa shape index (κ3) is 1.66. The molecule has 80 valence electrons. The monoisotopic (exact) mass is 235 g/mol. The molecule has 0 atom stereocenters. The molecule has 0 aliphatic heterocycles. The Morgan fingerprint density at radius 3 is 2.81 bits per heavy atom. The molecule has 0 N–H and O–H groups in total. The first-order valence-electron chi connectivity index (χ1n) is 4.51. The second-order valence-corrected chi connectivity index (χ2v) is 3.70. The SMILES string of the molecule is Cn1nccc1-c1cc(Cl)cc(F)c1C#N. The molecule has 3 nitrogen and oxygen atoms in total. The highest BCUT2D eigenvalue weighted by Gasteiger charge is 2.14. The second kappa shape index (κ2) is 3.95. The van der Waals surface area contributed by atoms with Gasteiger partial charge in [-0.05, 0) is 18.2 Å². The van der Waals surface area contributed by atoms with Gasteiger partial charge in [-0.2, -0.15) is 10.4 Å². The van der Waals surface area contributed by atoms with Crippen LogP contribution in [0.1, 0.15) is 5.56 Å². The van der Waals surface area contributed by atoms with Crippen LogP contribution in [0.15, 0.2) is 24.4 Å². The molecule has 5 heteroatoms. The first-order chi connectivity index (χ1) is 7.63. The lowest BCUT2D eigenvalue weighted by Crippen LogP contribution is -1.97. The maximum absolute atomic E-state index is 13.5. The van der Waals surface area contributed by atoms with E-state index in [0.29, 0.717) is 11.3 Å². The van der Waals surface area contributed by atoms with Gasteiger partial charge in [-0.25, -0.2) is 4.39 Å². The van der Waals surface area contributed by atoms with Gasteiger partial charge in [-0.15, -0.1) is 0 Å². The first kappa shape index (κ1) is 10.7. The fraction of sp³-hybridized carbons (Fsp3) is 0.0909. The summed E-state index contributed by atoms with van der Waals surface area (Å²) in [6.45, 7) is 0. The topological polar surface area (TPSA) is 41.6 Å². The lowest BCUT2D eigenvalue weighted by Gasteiger charge is -2.06. The molecule has 0 saturated carbocycles. The molecule has 16 heavy (non-hydrogen) atoms. The summed E-state index contributed by atoms with van der Waals surface area (Å²) in [4.78, 5) is 0. The van der Waals surface area contributed by atoms with E-state index in [1.54, 1.807) is 30.1 Å². The van der Waals surface area contributed by atoms with Crippen molar-refractivity contribution in [2.45, 2.75) is 0 Å². The first-order valence-corrected chi connectivity index (χ1v) is 4.89. The van der Waals surface area contributed by atoms with E-state index in [4.69, 9.17) is 16.9 Å². The van der Waals surface area contributed by atoms with Crippen LogP contribution < -0.4 is 0 Å². The van der Waals surface area contributed by atoms with E-state index in [1.165, 1.54) is 0 Å². The van der Waals surface area contributed by atoms with E-state index in [2.05, 4.69) is 5.10 Å². The highest BCUT2D eigenvalue weighted by molar-refractivity contribution is 6.30. The molecule has 0 aliphatic rings. The molecule has 2 rings (SSSR count). The lowest BCUT2D eigenvalue weighted by atomic mass is 10.0. The normalized spacial score (nSPS) is 10.1. The van der Waals surface area contributed by atoms with Crippen LogP contribution in [0.2, 0.25) is 5.02 Å². The third-order valence-electron chi connectivity index (χ3n) is 2.26. The van der Waals surface area contributed by atoms with Crippen molar-refractivity contribution in [2.75, 3.05) is 0 Å². The van der Waals surface area contributed by atoms with Gasteiger partial charge in [0.1, 0.15) is 11.9 Å². The van der Waals surface area contributed by atoms with Crippen LogP contribution >= 0.6 is 11.6 Å². The molecule has 0 spiro atoms. The van der Waals surface area contributed by atoms with E-state index in [9.17, 15) is 4.39 Å². The highest BCUT2D eigenvalue weighted by Crippen LogP contribution is 2.28. The number of aryl methyl sites for hydroxylation is 1. The van der Waals surface area contributed by atoms with E-state index in [1.807, 2.05) is 6.07 Å². The van der Waals surface area contributed by atoms with Crippen LogP contribution in [0, 0.1) is 17.1 Å². The van der Waals surface area contributed by atoms with Crippen LogP contribution in [0.5, 0.6) is 0 Å². The van der Waals surface area contributed by atoms with E-state index >= 15 is 0 Å². The van der Waals surface area contributed by atoms with Gasteiger partial charge in [0.15, 0.2) is 0 Å². The Bertz CT molecular complexity index is 583. The molecule has 1 aromatic carbocycles. The fourth-order valence-corrected chi connectivity index (χ4v) is 1.73. The largest absolute Gasteiger partial charge is 0.268 e. The Morgan fingerprint density at radius 1 is 1.50 bits per heavy atom. The Labute approximate surface area is 96.7 Å². The molecule has 0 amide bonds. The predicted molar refractivity (Wildman–Crippen MR) is 58.3 cm³/mol. The second-order valence-electron chi connectivity index (χ2n) is 3.26. The molecule has 1 aromatic heterocycles. The lowest BCUT2D eigenvalue weighted by molar-refractivity contribution is 0.624. The summed E-state index contributed by atoms with van der Waals surface area (Å²) in [6.07, 6.45) is 1.58. The summed E-state index contributed by atoms with van der Waals surface area (Å²) in [5.74, 6) is -0.619. The molecule has 0 unspecified atom stereocenters. The fourth-order valence-electron chi connectivity index (χ4n) is 1.53. The van der Waals surface area contributed by atoms with E-state index in [-0.39, 0.29) is 10.6 Å². The van der Waals surface area contributed by atoms with Gasteiger partial charge >= 0.3 is 0 Å². The Hall–Kier alpha value is -1.86. The number of nitrogens with zero attached hydrogens (tertiary/aromatic N) is 3. The number of aromatic nitrogens is 2. The summed E-state index contributed by atoms with van der Waals surface area (Å²) in [7, 11) is 1.72. The zero-order valence-electron chi connectivity index (χ0n) is 8.41. The summed E-state index contributed by atoms with van der Waals surface area (Å²) in [5, 5.41) is 13.1. The number of benzene rings is 1. The van der Waals surface area contributed by atoms with Crippen molar-refractivity contribution >= 4 is 11.6 Å². The third-order valence-corrected chi connectivity index (χ3v) is 2.48. The minimum atomic E-state index is -0.619. The molecular weight excluding hydrogens is 229 g/mol. The van der Waals surface area contributed by atoms with Crippen molar-refractivity contribution in [1.29, 1.82) is 5.26 Å². The van der Waals surface area contributed by atoms with Crippen molar-refractivity contribution in [3.8, 4) is 17.3 Å². The average molecular weight is 236 g/mol. The minimum absolute atomic E-state index is 0.0204. The van der Waals surface area contributed by atoms with Crippen molar-refractivity contribution in [1.82, 2.24) is 9.78 Å². The van der Waals surface area contributed by atoms with Crippen LogP contribution in [0.3, 0.4) is 0 Å². The van der Waals surface area contributed by atoms with Crippen LogP contribution in [-0.2, 0) is 7.05 Å². The average Bonchev–Trinajstić information content (AvgIpc) is 2.63. The minimum Gasteiger partial charge on any atom is -0.268 e. The smallest absolute Gasteiger partial charge is 0.143 e. The zero-order valence-corrected chi connectivity index (χ0v) is 9.16. The van der Waals surface area contributed by atoms with Crippen molar-refractivity contribution < 1.29 is 4.39 Å². The van der Waals surface area contributed by atoms with Crippen LogP contribution in [0.4, 0.5) is 4.39 Å². The number of nitriles is 1. The molecule has 0 bridgehead atoms. The molecular formula is C11H7ClFN3. The number of hydrogen-bond acceptors (Lipinski definition) is 2. The molecule has 0 aliphatic carbocycles. The quantitative estimate of drug-likeness (QED) is 0.763. The number of rotatable bonds is 1. The summed E-state index contributed by atoms with van der Waals surface area (Å²) in [6, 6.07) is 6.21. The van der Waals surface area contributed by atoms with Crippen molar-refractivity contribution in [3.05, 3.63) is 40.8 Å². The van der Waals surface area contributed by atoms with E-state index in [0.717, 1.165) is 6.07 Å². The molecule has 0 saturated heterocycles. The highest BCUT2D eigenvalue weighted by atomic mass is 35.5. The van der Waals surface area contributed by atoms with Gasteiger partial charge in [-0.1, -0.05) is 11.6 Å². The number of halogens is 2. The Kier molecular flexibility index (Phi) is 2.63. The summed E-state index contributed by atoms with van der Waals surface area (Å²) >= 11 is 5.77. The van der Waals surface area contributed by atoms with Crippen LogP contribution in [0.25, 0.3) is 11.3 Å². The molecule has 1 heterocycles. The molecule has 2 aromatic rings. The van der Waals surface area contributed by atoms with Gasteiger partial charge in [0.25, 0.3) is 0 Å². The van der Waals surface area contributed by atoms with Crippen LogP contribution in [-0.4, -0.2) is 9.78 Å².